The number of aryl methyl sites for hydroxylation is 1. The zero-order valence-electron chi connectivity index (χ0n) is 11.1. The first-order valence-electron chi connectivity index (χ1n) is 6.64. The number of nitrogens with zero attached hydrogens (tertiary/aromatic N) is 1. The van der Waals surface area contributed by atoms with Gasteiger partial charge in [0.15, 0.2) is 0 Å². The fourth-order valence-electron chi connectivity index (χ4n) is 2.34. The quantitative estimate of drug-likeness (QED) is 0.819. The standard InChI is InChI=1S/C15H21N3/c1-3-12-7-5-6-8-13(12)14(16-4-2)11-15-17-9-10-18-15/h5-10,14,16H,3-4,11H2,1-2H3,(H,17,18). The lowest BCUT2D eigenvalue weighted by Gasteiger charge is -2.20. The molecular formula is C15H21N3. The van der Waals surface area contributed by atoms with Gasteiger partial charge in [-0.1, -0.05) is 38.1 Å². The molecule has 1 atom stereocenters. The van der Waals surface area contributed by atoms with Crippen molar-refractivity contribution in [3.63, 3.8) is 0 Å². The normalized spacial score (nSPS) is 12.6. The van der Waals surface area contributed by atoms with Crippen molar-refractivity contribution in [2.24, 2.45) is 0 Å². The molecule has 2 rings (SSSR count). The summed E-state index contributed by atoms with van der Waals surface area (Å²) in [5.41, 5.74) is 2.80. The number of H-pyrrole nitrogens is 1. The van der Waals surface area contributed by atoms with Crippen LogP contribution in [0.3, 0.4) is 0 Å². The van der Waals surface area contributed by atoms with Crippen LogP contribution in [0.1, 0.15) is 36.8 Å². The Kier molecular flexibility index (Phi) is 4.53. The smallest absolute Gasteiger partial charge is 0.107 e. The van der Waals surface area contributed by atoms with Crippen molar-refractivity contribution in [3.05, 3.63) is 53.6 Å². The molecule has 2 aromatic rings. The predicted molar refractivity (Wildman–Crippen MR) is 74.5 cm³/mol. The molecule has 3 heteroatoms. The number of benzene rings is 1. The van der Waals surface area contributed by atoms with Crippen molar-refractivity contribution in [1.29, 1.82) is 0 Å². The molecule has 1 heterocycles. The van der Waals surface area contributed by atoms with Crippen LogP contribution in [0.4, 0.5) is 0 Å². The van der Waals surface area contributed by atoms with Crippen molar-refractivity contribution < 1.29 is 0 Å². The van der Waals surface area contributed by atoms with Gasteiger partial charge in [0.25, 0.3) is 0 Å². The van der Waals surface area contributed by atoms with Crippen LogP contribution in [0.25, 0.3) is 0 Å². The van der Waals surface area contributed by atoms with Gasteiger partial charge in [-0.15, -0.1) is 0 Å². The molecule has 1 unspecified atom stereocenters. The van der Waals surface area contributed by atoms with E-state index in [1.807, 2.05) is 12.4 Å². The van der Waals surface area contributed by atoms with Gasteiger partial charge in [0.05, 0.1) is 0 Å². The topological polar surface area (TPSA) is 40.7 Å². The number of likely N-dealkylation sites (N-methyl/N-ethyl adjacent to an activating group) is 1. The first-order valence-corrected chi connectivity index (χ1v) is 6.64. The number of aromatic amines is 1. The first kappa shape index (κ1) is 12.8. The van der Waals surface area contributed by atoms with Crippen molar-refractivity contribution >= 4 is 0 Å². The van der Waals surface area contributed by atoms with E-state index in [4.69, 9.17) is 0 Å². The Bertz CT molecular complexity index is 462. The van der Waals surface area contributed by atoms with E-state index in [1.54, 1.807) is 0 Å². The molecule has 0 amide bonds. The van der Waals surface area contributed by atoms with E-state index in [9.17, 15) is 0 Å². The average molecular weight is 243 g/mol. The zero-order valence-corrected chi connectivity index (χ0v) is 11.1. The van der Waals surface area contributed by atoms with E-state index in [0.29, 0.717) is 6.04 Å². The summed E-state index contributed by atoms with van der Waals surface area (Å²) in [5, 5.41) is 3.55. The Hall–Kier alpha value is -1.61. The third-order valence-corrected chi connectivity index (χ3v) is 3.21. The summed E-state index contributed by atoms with van der Waals surface area (Å²) in [4.78, 5) is 7.51. The SMILES string of the molecule is CCNC(Cc1ncc[nH]1)c1ccccc1CC. The molecular weight excluding hydrogens is 222 g/mol. The second-order valence-corrected chi connectivity index (χ2v) is 4.40. The van der Waals surface area contributed by atoms with E-state index >= 15 is 0 Å². The average Bonchev–Trinajstić information content (AvgIpc) is 2.91. The molecule has 3 nitrogen and oxygen atoms in total. The first-order chi connectivity index (χ1) is 8.85. The maximum atomic E-state index is 4.32. The van der Waals surface area contributed by atoms with Gasteiger partial charge < -0.3 is 10.3 Å². The van der Waals surface area contributed by atoms with Crippen molar-refractivity contribution in [2.45, 2.75) is 32.7 Å². The molecule has 0 bridgehead atoms. The van der Waals surface area contributed by atoms with E-state index in [2.05, 4.69) is 53.4 Å². The third kappa shape index (κ3) is 2.99. The molecule has 0 saturated heterocycles. The Balaban J connectivity index is 2.23. The second-order valence-electron chi connectivity index (χ2n) is 4.40. The minimum atomic E-state index is 0.331. The van der Waals surface area contributed by atoms with Crippen molar-refractivity contribution in [3.8, 4) is 0 Å². The van der Waals surface area contributed by atoms with Crippen LogP contribution in [-0.4, -0.2) is 16.5 Å². The maximum Gasteiger partial charge on any atom is 0.107 e. The molecule has 1 aromatic carbocycles. The Morgan fingerprint density at radius 2 is 2.11 bits per heavy atom. The molecule has 18 heavy (non-hydrogen) atoms. The molecule has 0 aliphatic heterocycles. The van der Waals surface area contributed by atoms with Crippen molar-refractivity contribution in [1.82, 2.24) is 15.3 Å². The van der Waals surface area contributed by atoms with Crippen LogP contribution in [0.2, 0.25) is 0 Å². The summed E-state index contributed by atoms with van der Waals surface area (Å²) in [6.45, 7) is 5.31. The minimum Gasteiger partial charge on any atom is -0.349 e. The number of imidazole rings is 1. The monoisotopic (exact) mass is 243 g/mol. The molecule has 0 aliphatic rings. The highest BCUT2D eigenvalue weighted by Crippen LogP contribution is 2.21. The summed E-state index contributed by atoms with van der Waals surface area (Å²) in [6, 6.07) is 8.98. The highest BCUT2D eigenvalue weighted by Gasteiger charge is 2.14. The summed E-state index contributed by atoms with van der Waals surface area (Å²) in [6.07, 6.45) is 5.65. The van der Waals surface area contributed by atoms with Gasteiger partial charge in [0.1, 0.15) is 5.82 Å². The van der Waals surface area contributed by atoms with Crippen LogP contribution in [0, 0.1) is 0 Å². The lowest BCUT2D eigenvalue weighted by atomic mass is 9.96. The van der Waals surface area contributed by atoms with Crippen LogP contribution >= 0.6 is 0 Å². The fourth-order valence-corrected chi connectivity index (χ4v) is 2.34. The molecule has 0 aliphatic carbocycles. The number of hydrogen-bond donors (Lipinski definition) is 2. The van der Waals surface area contributed by atoms with Gasteiger partial charge in [0, 0.05) is 24.9 Å². The summed E-state index contributed by atoms with van der Waals surface area (Å²) in [7, 11) is 0. The largest absolute Gasteiger partial charge is 0.349 e. The minimum absolute atomic E-state index is 0.331. The van der Waals surface area contributed by atoms with Gasteiger partial charge in [-0.05, 0) is 24.1 Å². The highest BCUT2D eigenvalue weighted by atomic mass is 14.9. The molecule has 96 valence electrons. The molecule has 0 saturated carbocycles. The molecule has 0 spiro atoms. The Morgan fingerprint density at radius 1 is 1.28 bits per heavy atom. The van der Waals surface area contributed by atoms with Crippen LogP contribution in [0.15, 0.2) is 36.7 Å². The van der Waals surface area contributed by atoms with E-state index in [1.165, 1.54) is 11.1 Å². The molecule has 0 fully saturated rings. The second kappa shape index (κ2) is 6.36. The van der Waals surface area contributed by atoms with Gasteiger partial charge in [-0.25, -0.2) is 4.98 Å². The van der Waals surface area contributed by atoms with Crippen LogP contribution < -0.4 is 5.32 Å². The number of nitrogens with one attached hydrogen (secondary N) is 2. The third-order valence-electron chi connectivity index (χ3n) is 3.21. The molecule has 0 radical (unpaired) electrons. The number of hydrogen-bond acceptors (Lipinski definition) is 2. The summed E-state index contributed by atoms with van der Waals surface area (Å²) in [5.74, 6) is 1.03. The predicted octanol–water partition coefficient (Wildman–Crippen LogP) is 2.87. The Labute approximate surface area is 109 Å². The fraction of sp³-hybridized carbons (Fsp3) is 0.400. The van der Waals surface area contributed by atoms with Gasteiger partial charge in [-0.2, -0.15) is 0 Å². The number of aromatic nitrogens is 2. The Morgan fingerprint density at radius 3 is 2.78 bits per heavy atom. The van der Waals surface area contributed by atoms with Crippen LogP contribution in [0.5, 0.6) is 0 Å². The van der Waals surface area contributed by atoms with E-state index < -0.39 is 0 Å². The summed E-state index contributed by atoms with van der Waals surface area (Å²) >= 11 is 0. The van der Waals surface area contributed by atoms with Gasteiger partial charge in [-0.3, -0.25) is 0 Å². The van der Waals surface area contributed by atoms with Crippen LogP contribution in [-0.2, 0) is 12.8 Å². The lowest BCUT2D eigenvalue weighted by Crippen LogP contribution is -2.24. The van der Waals surface area contributed by atoms with E-state index in [-0.39, 0.29) is 0 Å². The lowest BCUT2D eigenvalue weighted by molar-refractivity contribution is 0.535. The molecule has 1 aromatic heterocycles. The molecule has 2 N–H and O–H groups in total. The maximum absolute atomic E-state index is 4.32. The van der Waals surface area contributed by atoms with E-state index in [0.717, 1.165) is 25.2 Å². The van der Waals surface area contributed by atoms with Gasteiger partial charge >= 0.3 is 0 Å². The highest BCUT2D eigenvalue weighted by molar-refractivity contribution is 5.30. The van der Waals surface area contributed by atoms with Gasteiger partial charge in [0.2, 0.25) is 0 Å². The zero-order chi connectivity index (χ0) is 12.8. The number of rotatable bonds is 6. The van der Waals surface area contributed by atoms with Crippen molar-refractivity contribution in [2.75, 3.05) is 6.54 Å². The summed E-state index contributed by atoms with van der Waals surface area (Å²) < 4.78 is 0.